The summed E-state index contributed by atoms with van der Waals surface area (Å²) in [7, 11) is 0. The maximum Gasteiger partial charge on any atom is 0.0858 e. The topological polar surface area (TPSA) is 60.7 Å². The second-order valence-electron chi connectivity index (χ2n) is 9.49. The summed E-state index contributed by atoms with van der Waals surface area (Å²) >= 11 is 0. The van der Waals surface area contributed by atoms with Gasteiger partial charge in [0.25, 0.3) is 0 Å². The molecule has 0 spiro atoms. The molecule has 3 aliphatic carbocycles. The van der Waals surface area contributed by atoms with Crippen LogP contribution in [0, 0.1) is 28.1 Å². The Morgan fingerprint density at radius 2 is 1.83 bits per heavy atom. The molecular weight excluding hydrogens is 288 g/mol. The number of fused-ring (bicyclic) bond motifs is 3. The fourth-order valence-electron chi connectivity index (χ4n) is 6.21. The Labute approximate surface area is 140 Å². The van der Waals surface area contributed by atoms with Gasteiger partial charge in [0.15, 0.2) is 0 Å². The highest BCUT2D eigenvalue weighted by molar-refractivity contribution is 5.25. The molecule has 0 aromatic carbocycles. The van der Waals surface area contributed by atoms with Crippen LogP contribution in [0.25, 0.3) is 0 Å². The minimum atomic E-state index is -0.661. The lowest BCUT2D eigenvalue weighted by Gasteiger charge is -2.61. The number of aliphatic hydroxyl groups excluding tert-OH is 3. The maximum atomic E-state index is 10.5. The van der Waals surface area contributed by atoms with E-state index < -0.39 is 6.10 Å². The molecule has 3 rings (SSSR count). The van der Waals surface area contributed by atoms with Gasteiger partial charge in [-0.25, -0.2) is 0 Å². The average molecular weight is 322 g/mol. The number of hydrogen-bond donors (Lipinski definition) is 3. The van der Waals surface area contributed by atoms with Gasteiger partial charge in [-0.3, -0.25) is 0 Å². The molecule has 1 unspecified atom stereocenters. The summed E-state index contributed by atoms with van der Waals surface area (Å²) in [5.41, 5.74) is 1.47. The van der Waals surface area contributed by atoms with E-state index in [1.807, 2.05) is 0 Å². The van der Waals surface area contributed by atoms with Gasteiger partial charge in [-0.2, -0.15) is 0 Å². The van der Waals surface area contributed by atoms with E-state index in [1.165, 1.54) is 5.57 Å². The first-order valence-electron chi connectivity index (χ1n) is 9.34. The zero-order chi connectivity index (χ0) is 17.0. The van der Waals surface area contributed by atoms with Gasteiger partial charge in [0.2, 0.25) is 0 Å². The van der Waals surface area contributed by atoms with Crippen LogP contribution in [0.3, 0.4) is 0 Å². The molecule has 0 amide bonds. The highest BCUT2D eigenvalue weighted by Gasteiger charge is 2.57. The van der Waals surface area contributed by atoms with E-state index in [0.29, 0.717) is 11.8 Å². The van der Waals surface area contributed by atoms with Crippen molar-refractivity contribution in [3.63, 3.8) is 0 Å². The zero-order valence-corrected chi connectivity index (χ0v) is 15.2. The molecule has 23 heavy (non-hydrogen) atoms. The zero-order valence-electron chi connectivity index (χ0n) is 15.2. The molecule has 3 N–H and O–H groups in total. The van der Waals surface area contributed by atoms with Crippen LogP contribution in [0.1, 0.15) is 66.2 Å². The first-order chi connectivity index (χ1) is 10.6. The summed E-state index contributed by atoms with van der Waals surface area (Å²) in [5.74, 6) is 1.14. The number of allylic oxidation sites excluding steroid dienone is 1. The lowest BCUT2D eigenvalue weighted by molar-refractivity contribution is -0.129. The predicted octanol–water partition coefficient (Wildman–Crippen LogP) is 3.28. The second kappa shape index (κ2) is 5.57. The summed E-state index contributed by atoms with van der Waals surface area (Å²) < 4.78 is 0. The smallest absolute Gasteiger partial charge is 0.0858 e. The molecule has 3 heteroatoms. The van der Waals surface area contributed by atoms with Crippen molar-refractivity contribution in [3.8, 4) is 0 Å². The van der Waals surface area contributed by atoms with Crippen LogP contribution in [0.4, 0.5) is 0 Å². The molecule has 0 aliphatic heterocycles. The van der Waals surface area contributed by atoms with E-state index in [2.05, 4.69) is 33.8 Å². The highest BCUT2D eigenvalue weighted by atomic mass is 16.3. The number of hydrogen-bond acceptors (Lipinski definition) is 3. The number of rotatable bonds is 2. The van der Waals surface area contributed by atoms with Crippen LogP contribution >= 0.6 is 0 Å². The minimum Gasteiger partial charge on any atom is -0.394 e. The molecule has 0 bridgehead atoms. The third kappa shape index (κ3) is 2.51. The molecule has 0 heterocycles. The molecule has 2 saturated carbocycles. The first kappa shape index (κ1) is 17.4. The summed E-state index contributed by atoms with van der Waals surface area (Å²) in [5, 5.41) is 30.1. The molecule has 0 aromatic rings. The van der Waals surface area contributed by atoms with Gasteiger partial charge in [-0.05, 0) is 61.2 Å². The van der Waals surface area contributed by atoms with Gasteiger partial charge in [0.1, 0.15) is 0 Å². The van der Waals surface area contributed by atoms with Crippen molar-refractivity contribution in [3.05, 3.63) is 11.6 Å². The second-order valence-corrected chi connectivity index (χ2v) is 9.49. The quantitative estimate of drug-likeness (QED) is 0.684. The lowest BCUT2D eigenvalue weighted by Crippen LogP contribution is -2.55. The van der Waals surface area contributed by atoms with Crippen molar-refractivity contribution in [2.45, 2.75) is 78.4 Å². The van der Waals surface area contributed by atoms with Gasteiger partial charge in [-0.1, -0.05) is 39.3 Å². The Kier molecular flexibility index (Phi) is 4.23. The fourth-order valence-corrected chi connectivity index (χ4v) is 6.21. The van der Waals surface area contributed by atoms with Gasteiger partial charge < -0.3 is 15.3 Å². The Morgan fingerprint density at radius 3 is 2.48 bits per heavy atom. The predicted molar refractivity (Wildman–Crippen MR) is 91.9 cm³/mol. The van der Waals surface area contributed by atoms with E-state index in [0.717, 1.165) is 38.5 Å². The SMILES string of the molecule is CC1(C)[C@H](O)CC[C@@]2(C)[C@@H]3CC[C@](C)(C(O)CO)C=C3CC[C@H]12. The van der Waals surface area contributed by atoms with Crippen molar-refractivity contribution in [2.24, 2.45) is 28.1 Å². The normalized spacial score (nSPS) is 47.3. The monoisotopic (exact) mass is 322 g/mol. The van der Waals surface area contributed by atoms with E-state index in [1.54, 1.807) is 0 Å². The van der Waals surface area contributed by atoms with Crippen molar-refractivity contribution >= 4 is 0 Å². The van der Waals surface area contributed by atoms with Crippen molar-refractivity contribution in [2.75, 3.05) is 6.61 Å². The van der Waals surface area contributed by atoms with Crippen molar-refractivity contribution < 1.29 is 15.3 Å². The van der Waals surface area contributed by atoms with Gasteiger partial charge in [0, 0.05) is 5.41 Å². The van der Waals surface area contributed by atoms with E-state index in [9.17, 15) is 15.3 Å². The van der Waals surface area contributed by atoms with Crippen LogP contribution in [0.5, 0.6) is 0 Å². The molecule has 2 fully saturated rings. The molecule has 0 aromatic heterocycles. The Balaban J connectivity index is 1.93. The summed E-state index contributed by atoms with van der Waals surface area (Å²) in [4.78, 5) is 0. The van der Waals surface area contributed by atoms with Gasteiger partial charge in [0.05, 0.1) is 18.8 Å². The van der Waals surface area contributed by atoms with Crippen LogP contribution < -0.4 is 0 Å². The minimum absolute atomic E-state index is 0.0100. The van der Waals surface area contributed by atoms with E-state index in [4.69, 9.17) is 0 Å². The largest absolute Gasteiger partial charge is 0.394 e. The van der Waals surface area contributed by atoms with E-state index in [-0.39, 0.29) is 29.0 Å². The fraction of sp³-hybridized carbons (Fsp3) is 0.900. The third-order valence-electron chi connectivity index (χ3n) is 7.90. The summed E-state index contributed by atoms with van der Waals surface area (Å²) in [6.45, 7) is 8.85. The molecule has 3 aliphatic rings. The van der Waals surface area contributed by atoms with Crippen LogP contribution in [0.2, 0.25) is 0 Å². The van der Waals surface area contributed by atoms with Crippen molar-refractivity contribution in [1.29, 1.82) is 0 Å². The lowest BCUT2D eigenvalue weighted by atomic mass is 9.45. The van der Waals surface area contributed by atoms with Crippen LogP contribution in [-0.2, 0) is 0 Å². The Hall–Kier alpha value is -0.380. The maximum absolute atomic E-state index is 10.5. The molecule has 132 valence electrons. The third-order valence-corrected chi connectivity index (χ3v) is 7.90. The standard InChI is InChI=1S/C20H34O3/c1-18(2)15-6-5-13-11-19(3,17(23)12-21)9-7-14(13)20(15,4)10-8-16(18)22/h11,14-17,21-23H,5-10,12H2,1-4H3/t14-,15-,16-,17?,19+,20+/m1/s1. The van der Waals surface area contributed by atoms with Gasteiger partial charge in [-0.15, -0.1) is 0 Å². The highest BCUT2D eigenvalue weighted by Crippen LogP contribution is 2.63. The molecule has 3 nitrogen and oxygen atoms in total. The summed E-state index contributed by atoms with van der Waals surface area (Å²) in [6.07, 6.45) is 7.70. The number of aliphatic hydroxyl groups is 3. The first-order valence-corrected chi connectivity index (χ1v) is 9.34. The Bertz CT molecular complexity index is 497. The van der Waals surface area contributed by atoms with Gasteiger partial charge >= 0.3 is 0 Å². The van der Waals surface area contributed by atoms with Crippen LogP contribution in [0.15, 0.2) is 11.6 Å². The molecule has 0 saturated heterocycles. The summed E-state index contributed by atoms with van der Waals surface area (Å²) in [6, 6.07) is 0. The van der Waals surface area contributed by atoms with Crippen molar-refractivity contribution in [1.82, 2.24) is 0 Å². The molecule has 0 radical (unpaired) electrons. The average Bonchev–Trinajstić information content (AvgIpc) is 2.50. The molecule has 6 atom stereocenters. The molecular formula is C20H34O3. The van der Waals surface area contributed by atoms with Crippen LogP contribution in [-0.4, -0.2) is 34.1 Å². The Morgan fingerprint density at radius 1 is 1.13 bits per heavy atom. The van der Waals surface area contributed by atoms with E-state index >= 15 is 0 Å².